The average Bonchev–Trinajstić information content (AvgIpc) is 2.73. The van der Waals surface area contributed by atoms with E-state index in [2.05, 4.69) is 4.98 Å². The molecule has 2 aromatic rings. The first kappa shape index (κ1) is 12.1. The van der Waals surface area contributed by atoms with Gasteiger partial charge in [0.25, 0.3) is 0 Å². The molecule has 0 aliphatic heterocycles. The Labute approximate surface area is 108 Å². The Bertz CT molecular complexity index is 565. The van der Waals surface area contributed by atoms with Crippen LogP contribution < -0.4 is 0 Å². The normalized spacial score (nSPS) is 10.5. The summed E-state index contributed by atoms with van der Waals surface area (Å²) in [5.74, 6) is -0.961. The third-order valence-electron chi connectivity index (χ3n) is 2.30. The number of hydrogen-bond acceptors (Lipinski definition) is 3. The molecule has 0 atom stereocenters. The van der Waals surface area contributed by atoms with E-state index in [-0.39, 0.29) is 4.88 Å². The van der Waals surface area contributed by atoms with Gasteiger partial charge in [-0.05, 0) is 12.5 Å². The second kappa shape index (κ2) is 4.85. The summed E-state index contributed by atoms with van der Waals surface area (Å²) < 4.78 is 0. The van der Waals surface area contributed by atoms with Gasteiger partial charge >= 0.3 is 5.97 Å². The van der Waals surface area contributed by atoms with E-state index in [1.807, 2.05) is 13.0 Å². The average molecular weight is 268 g/mol. The minimum absolute atomic E-state index is 0.245. The Morgan fingerprint density at radius 2 is 2.18 bits per heavy atom. The van der Waals surface area contributed by atoms with Crippen LogP contribution >= 0.6 is 22.9 Å². The van der Waals surface area contributed by atoms with Crippen molar-refractivity contribution >= 4 is 28.9 Å². The number of aromatic nitrogens is 1. The van der Waals surface area contributed by atoms with Crippen molar-refractivity contribution in [2.45, 2.75) is 13.3 Å². The molecule has 0 amide bonds. The van der Waals surface area contributed by atoms with Crippen molar-refractivity contribution in [2.24, 2.45) is 0 Å². The van der Waals surface area contributed by atoms with Crippen LogP contribution in [0.2, 0.25) is 5.02 Å². The van der Waals surface area contributed by atoms with Crippen molar-refractivity contribution in [3.63, 3.8) is 0 Å². The summed E-state index contributed by atoms with van der Waals surface area (Å²) >= 11 is 7.26. The van der Waals surface area contributed by atoms with Crippen LogP contribution in [0.4, 0.5) is 0 Å². The summed E-state index contributed by atoms with van der Waals surface area (Å²) in [6, 6.07) is 7.13. The molecule has 0 bridgehead atoms. The number of carboxylic acid groups (broad SMARTS) is 1. The Balaban J connectivity index is 2.62. The van der Waals surface area contributed by atoms with Gasteiger partial charge < -0.3 is 5.11 Å². The fourth-order valence-corrected chi connectivity index (χ4v) is 2.58. The summed E-state index contributed by atoms with van der Waals surface area (Å²) in [7, 11) is 0. The third-order valence-corrected chi connectivity index (χ3v) is 3.81. The van der Waals surface area contributed by atoms with Gasteiger partial charge in [0.05, 0.1) is 15.7 Å². The number of aryl methyl sites for hydroxylation is 1. The molecule has 0 unspecified atom stereocenters. The van der Waals surface area contributed by atoms with Gasteiger partial charge in [-0.25, -0.2) is 9.78 Å². The Kier molecular flexibility index (Phi) is 3.45. The Hall–Kier alpha value is -1.39. The number of nitrogens with zero attached hydrogens (tertiary/aromatic N) is 1. The van der Waals surface area contributed by atoms with E-state index in [1.165, 1.54) is 11.3 Å². The fraction of sp³-hybridized carbons (Fsp3) is 0.167. The molecule has 3 nitrogen and oxygen atoms in total. The summed E-state index contributed by atoms with van der Waals surface area (Å²) in [5, 5.41) is 10.5. The second-order valence-corrected chi connectivity index (χ2v) is 4.91. The minimum atomic E-state index is -0.961. The molecule has 0 spiro atoms. The van der Waals surface area contributed by atoms with E-state index in [0.29, 0.717) is 16.3 Å². The number of halogens is 1. The zero-order valence-corrected chi connectivity index (χ0v) is 10.7. The molecule has 5 heteroatoms. The lowest BCUT2D eigenvalue weighted by atomic mass is 10.1. The molecular formula is C12H10ClNO2S. The van der Waals surface area contributed by atoms with Crippen LogP contribution in [-0.2, 0) is 6.42 Å². The smallest absolute Gasteiger partial charge is 0.348 e. The van der Waals surface area contributed by atoms with Gasteiger partial charge in [-0.3, -0.25) is 0 Å². The van der Waals surface area contributed by atoms with Crippen LogP contribution in [0.1, 0.15) is 21.6 Å². The van der Waals surface area contributed by atoms with Crippen molar-refractivity contribution in [3.05, 3.63) is 39.2 Å². The maximum Gasteiger partial charge on any atom is 0.348 e. The Morgan fingerprint density at radius 1 is 1.47 bits per heavy atom. The van der Waals surface area contributed by atoms with Crippen LogP contribution in [0.25, 0.3) is 11.3 Å². The van der Waals surface area contributed by atoms with Gasteiger partial charge in [0, 0.05) is 5.56 Å². The van der Waals surface area contributed by atoms with Crippen molar-refractivity contribution in [1.82, 2.24) is 4.98 Å². The van der Waals surface area contributed by atoms with Crippen LogP contribution in [0, 0.1) is 0 Å². The van der Waals surface area contributed by atoms with Crippen LogP contribution in [0.5, 0.6) is 0 Å². The van der Waals surface area contributed by atoms with Gasteiger partial charge in [-0.15, -0.1) is 11.3 Å². The zero-order valence-electron chi connectivity index (χ0n) is 9.11. The van der Waals surface area contributed by atoms with Crippen molar-refractivity contribution in [3.8, 4) is 11.3 Å². The number of benzene rings is 1. The van der Waals surface area contributed by atoms with E-state index in [4.69, 9.17) is 16.7 Å². The standard InChI is InChI=1S/C12H10ClNO2S/c1-2-9-14-10(11(17-9)12(15)16)7-5-3-4-6-8(7)13/h3-6H,2H2,1H3,(H,15,16). The van der Waals surface area contributed by atoms with Gasteiger partial charge in [0.15, 0.2) is 0 Å². The molecule has 88 valence electrons. The lowest BCUT2D eigenvalue weighted by Crippen LogP contribution is -1.95. The number of hydrogen-bond donors (Lipinski definition) is 1. The van der Waals surface area contributed by atoms with E-state index in [9.17, 15) is 4.79 Å². The molecule has 0 saturated carbocycles. The molecule has 0 fully saturated rings. The zero-order chi connectivity index (χ0) is 12.4. The molecule has 1 heterocycles. The lowest BCUT2D eigenvalue weighted by Gasteiger charge is -2.01. The topological polar surface area (TPSA) is 50.2 Å². The predicted octanol–water partition coefficient (Wildman–Crippen LogP) is 3.72. The van der Waals surface area contributed by atoms with E-state index in [1.54, 1.807) is 18.2 Å². The van der Waals surface area contributed by atoms with Gasteiger partial charge in [0.2, 0.25) is 0 Å². The predicted molar refractivity (Wildman–Crippen MR) is 68.9 cm³/mol. The summed E-state index contributed by atoms with van der Waals surface area (Å²) in [6.07, 6.45) is 0.718. The monoisotopic (exact) mass is 267 g/mol. The lowest BCUT2D eigenvalue weighted by molar-refractivity contribution is 0.0702. The molecule has 0 aliphatic rings. The summed E-state index contributed by atoms with van der Waals surface area (Å²) in [5.41, 5.74) is 1.13. The highest BCUT2D eigenvalue weighted by molar-refractivity contribution is 7.14. The molecule has 17 heavy (non-hydrogen) atoms. The summed E-state index contributed by atoms with van der Waals surface area (Å²) in [4.78, 5) is 15.7. The maximum absolute atomic E-state index is 11.2. The maximum atomic E-state index is 11.2. The van der Waals surface area contributed by atoms with Crippen molar-refractivity contribution in [1.29, 1.82) is 0 Å². The third kappa shape index (κ3) is 2.33. The van der Waals surface area contributed by atoms with E-state index < -0.39 is 5.97 Å². The molecule has 0 saturated heterocycles. The summed E-state index contributed by atoms with van der Waals surface area (Å²) in [6.45, 7) is 1.95. The highest BCUT2D eigenvalue weighted by Gasteiger charge is 2.19. The molecule has 0 radical (unpaired) electrons. The fourth-order valence-electron chi connectivity index (χ4n) is 1.50. The highest BCUT2D eigenvalue weighted by Crippen LogP contribution is 2.33. The van der Waals surface area contributed by atoms with Gasteiger partial charge in [0.1, 0.15) is 4.88 Å². The molecule has 1 N–H and O–H groups in total. The first-order valence-corrected chi connectivity index (χ1v) is 6.30. The Morgan fingerprint density at radius 3 is 2.76 bits per heavy atom. The quantitative estimate of drug-likeness (QED) is 0.922. The highest BCUT2D eigenvalue weighted by atomic mass is 35.5. The van der Waals surface area contributed by atoms with Gasteiger partial charge in [-0.2, -0.15) is 0 Å². The molecular weight excluding hydrogens is 258 g/mol. The molecule has 1 aromatic heterocycles. The first-order chi connectivity index (χ1) is 8.13. The molecule has 0 aliphatic carbocycles. The van der Waals surface area contributed by atoms with E-state index in [0.717, 1.165) is 11.4 Å². The van der Waals surface area contributed by atoms with E-state index >= 15 is 0 Å². The number of thiazole rings is 1. The second-order valence-electron chi connectivity index (χ2n) is 3.42. The number of carboxylic acids is 1. The number of rotatable bonds is 3. The number of carbonyl (C=O) groups is 1. The first-order valence-electron chi connectivity index (χ1n) is 5.11. The van der Waals surface area contributed by atoms with Gasteiger partial charge in [-0.1, -0.05) is 36.7 Å². The van der Waals surface area contributed by atoms with Crippen LogP contribution in [-0.4, -0.2) is 16.1 Å². The van der Waals surface area contributed by atoms with Crippen molar-refractivity contribution in [2.75, 3.05) is 0 Å². The molecule has 2 rings (SSSR count). The number of aromatic carboxylic acids is 1. The minimum Gasteiger partial charge on any atom is -0.477 e. The molecule has 1 aromatic carbocycles. The largest absolute Gasteiger partial charge is 0.477 e. The van der Waals surface area contributed by atoms with Crippen LogP contribution in [0.15, 0.2) is 24.3 Å². The van der Waals surface area contributed by atoms with Crippen molar-refractivity contribution < 1.29 is 9.90 Å². The van der Waals surface area contributed by atoms with Crippen LogP contribution in [0.3, 0.4) is 0 Å². The SMILES string of the molecule is CCc1nc(-c2ccccc2Cl)c(C(=O)O)s1.